The first kappa shape index (κ1) is 9.38. The Morgan fingerprint density at radius 3 is 2.69 bits per heavy atom. The van der Waals surface area contributed by atoms with Crippen LogP contribution in [0, 0.1) is 5.92 Å². The van der Waals surface area contributed by atoms with Crippen molar-refractivity contribution >= 4 is 16.9 Å². The Hall–Kier alpha value is -0.180. The highest BCUT2D eigenvalue weighted by atomic mass is 32.2. The maximum absolute atomic E-state index is 4.68. The Balaban J connectivity index is 1.82. The van der Waals surface area contributed by atoms with Crippen LogP contribution in [0.15, 0.2) is 4.99 Å². The molecule has 0 bridgehead atoms. The molecule has 0 aromatic carbocycles. The topological polar surface area (TPSA) is 24.4 Å². The monoisotopic (exact) mass is 198 g/mol. The van der Waals surface area contributed by atoms with Gasteiger partial charge in [-0.2, -0.15) is 0 Å². The van der Waals surface area contributed by atoms with E-state index in [0.717, 1.165) is 6.04 Å². The molecule has 1 saturated carbocycles. The number of nitrogens with zero attached hydrogens (tertiary/aromatic N) is 1. The van der Waals surface area contributed by atoms with Crippen molar-refractivity contribution in [1.29, 1.82) is 0 Å². The molecule has 3 heteroatoms. The first-order valence-electron chi connectivity index (χ1n) is 5.23. The zero-order valence-electron chi connectivity index (χ0n) is 8.42. The molecule has 1 heterocycles. The third-order valence-electron chi connectivity index (χ3n) is 2.88. The Kier molecular flexibility index (Phi) is 2.82. The smallest absolute Gasteiger partial charge is 0.157 e. The van der Waals surface area contributed by atoms with Gasteiger partial charge >= 0.3 is 0 Å². The molecule has 2 nitrogen and oxygen atoms in total. The second-order valence-corrected chi connectivity index (χ2v) is 5.34. The highest BCUT2D eigenvalue weighted by Gasteiger charge is 2.24. The SMILES string of the molecule is CC(C)[C@H]1CSC(NC2CCC2)=N1. The van der Waals surface area contributed by atoms with Gasteiger partial charge in [-0.25, -0.2) is 0 Å². The Labute approximate surface area is 84.6 Å². The van der Waals surface area contributed by atoms with Crippen LogP contribution in [0.1, 0.15) is 33.1 Å². The van der Waals surface area contributed by atoms with Crippen molar-refractivity contribution in [2.45, 2.75) is 45.2 Å². The van der Waals surface area contributed by atoms with Gasteiger partial charge in [0.05, 0.1) is 6.04 Å². The van der Waals surface area contributed by atoms with Gasteiger partial charge in [-0.05, 0) is 25.2 Å². The van der Waals surface area contributed by atoms with E-state index in [4.69, 9.17) is 0 Å². The minimum absolute atomic E-state index is 0.549. The van der Waals surface area contributed by atoms with Crippen molar-refractivity contribution in [1.82, 2.24) is 5.32 Å². The van der Waals surface area contributed by atoms with Crippen molar-refractivity contribution in [2.24, 2.45) is 10.9 Å². The molecule has 0 aromatic rings. The molecule has 0 radical (unpaired) electrons. The summed E-state index contributed by atoms with van der Waals surface area (Å²) in [6.07, 6.45) is 4.07. The fraction of sp³-hybridized carbons (Fsp3) is 0.900. The van der Waals surface area contributed by atoms with E-state index in [9.17, 15) is 0 Å². The molecule has 0 spiro atoms. The maximum Gasteiger partial charge on any atom is 0.157 e. The van der Waals surface area contributed by atoms with Crippen LogP contribution in [0.2, 0.25) is 0 Å². The van der Waals surface area contributed by atoms with E-state index < -0.39 is 0 Å². The number of amidine groups is 1. The second kappa shape index (κ2) is 3.91. The summed E-state index contributed by atoms with van der Waals surface area (Å²) in [7, 11) is 0. The van der Waals surface area contributed by atoms with E-state index in [-0.39, 0.29) is 0 Å². The van der Waals surface area contributed by atoms with E-state index >= 15 is 0 Å². The van der Waals surface area contributed by atoms with E-state index in [1.54, 1.807) is 0 Å². The molecule has 74 valence electrons. The molecule has 1 aliphatic carbocycles. The predicted molar refractivity (Wildman–Crippen MR) is 59.3 cm³/mol. The van der Waals surface area contributed by atoms with Gasteiger partial charge in [0.25, 0.3) is 0 Å². The van der Waals surface area contributed by atoms with Gasteiger partial charge < -0.3 is 5.32 Å². The van der Waals surface area contributed by atoms with Gasteiger partial charge in [-0.15, -0.1) is 0 Å². The van der Waals surface area contributed by atoms with E-state index in [1.165, 1.54) is 30.2 Å². The lowest BCUT2D eigenvalue weighted by molar-refractivity contribution is 0.384. The van der Waals surface area contributed by atoms with Crippen LogP contribution in [-0.2, 0) is 0 Å². The van der Waals surface area contributed by atoms with Crippen LogP contribution in [0.5, 0.6) is 0 Å². The first-order chi connectivity index (χ1) is 6.25. The van der Waals surface area contributed by atoms with Gasteiger partial charge in [-0.3, -0.25) is 4.99 Å². The average Bonchev–Trinajstić information content (AvgIpc) is 2.44. The van der Waals surface area contributed by atoms with Crippen molar-refractivity contribution in [2.75, 3.05) is 5.75 Å². The fourth-order valence-corrected chi connectivity index (χ4v) is 2.79. The lowest BCUT2D eigenvalue weighted by Gasteiger charge is -2.26. The van der Waals surface area contributed by atoms with Gasteiger partial charge in [-0.1, -0.05) is 25.6 Å². The largest absolute Gasteiger partial charge is 0.362 e. The molecular formula is C10H18N2S. The highest BCUT2D eigenvalue weighted by Crippen LogP contribution is 2.25. The summed E-state index contributed by atoms with van der Waals surface area (Å²) in [5, 5.41) is 4.71. The number of hydrogen-bond acceptors (Lipinski definition) is 3. The zero-order chi connectivity index (χ0) is 9.26. The summed E-state index contributed by atoms with van der Waals surface area (Å²) in [5.41, 5.74) is 0. The summed E-state index contributed by atoms with van der Waals surface area (Å²) in [6.45, 7) is 4.50. The Bertz CT molecular complexity index is 209. The Morgan fingerprint density at radius 2 is 2.23 bits per heavy atom. The van der Waals surface area contributed by atoms with Crippen molar-refractivity contribution < 1.29 is 0 Å². The predicted octanol–water partition coefficient (Wildman–Crippen LogP) is 2.26. The molecule has 2 aliphatic rings. The molecule has 1 atom stereocenters. The number of nitrogens with one attached hydrogen (secondary N) is 1. The van der Waals surface area contributed by atoms with Crippen LogP contribution < -0.4 is 5.32 Å². The average molecular weight is 198 g/mol. The number of thioether (sulfide) groups is 1. The molecule has 0 saturated heterocycles. The van der Waals surface area contributed by atoms with Crippen LogP contribution in [-0.4, -0.2) is 23.0 Å². The van der Waals surface area contributed by atoms with Crippen LogP contribution in [0.4, 0.5) is 0 Å². The van der Waals surface area contributed by atoms with Gasteiger partial charge in [0.1, 0.15) is 0 Å². The molecule has 1 fully saturated rings. The third-order valence-corrected chi connectivity index (χ3v) is 3.88. The normalized spacial score (nSPS) is 28.8. The van der Waals surface area contributed by atoms with Gasteiger partial charge in [0.2, 0.25) is 0 Å². The number of hydrogen-bond donors (Lipinski definition) is 1. The fourth-order valence-electron chi connectivity index (χ4n) is 1.54. The molecule has 1 N–H and O–H groups in total. The molecule has 0 aromatic heterocycles. The molecule has 0 unspecified atom stereocenters. The number of rotatable bonds is 2. The minimum Gasteiger partial charge on any atom is -0.362 e. The highest BCUT2D eigenvalue weighted by molar-refractivity contribution is 8.14. The summed E-state index contributed by atoms with van der Waals surface area (Å²) < 4.78 is 0. The van der Waals surface area contributed by atoms with Crippen LogP contribution in [0.25, 0.3) is 0 Å². The molecule has 0 amide bonds. The van der Waals surface area contributed by atoms with Crippen molar-refractivity contribution in [3.63, 3.8) is 0 Å². The lowest BCUT2D eigenvalue weighted by atomic mass is 9.93. The summed E-state index contributed by atoms with van der Waals surface area (Å²) in [6, 6.07) is 1.28. The summed E-state index contributed by atoms with van der Waals surface area (Å²) in [4.78, 5) is 4.68. The minimum atomic E-state index is 0.549. The van der Waals surface area contributed by atoms with E-state index in [1.807, 2.05) is 11.8 Å². The molecule has 1 aliphatic heterocycles. The zero-order valence-corrected chi connectivity index (χ0v) is 9.23. The van der Waals surface area contributed by atoms with Crippen molar-refractivity contribution in [3.05, 3.63) is 0 Å². The second-order valence-electron chi connectivity index (χ2n) is 4.33. The van der Waals surface area contributed by atoms with E-state index in [0.29, 0.717) is 12.0 Å². The third kappa shape index (κ3) is 2.19. The van der Waals surface area contributed by atoms with Crippen LogP contribution in [0.3, 0.4) is 0 Å². The summed E-state index contributed by atoms with van der Waals surface area (Å²) in [5.74, 6) is 1.86. The lowest BCUT2D eigenvalue weighted by Crippen LogP contribution is -2.37. The first-order valence-corrected chi connectivity index (χ1v) is 6.21. The van der Waals surface area contributed by atoms with E-state index in [2.05, 4.69) is 24.2 Å². The van der Waals surface area contributed by atoms with Crippen LogP contribution >= 0.6 is 11.8 Å². The Morgan fingerprint density at radius 1 is 1.46 bits per heavy atom. The standard InChI is InChI=1S/C10H18N2S/c1-7(2)9-6-13-10(12-9)11-8-4-3-5-8/h7-9H,3-6H2,1-2H3,(H,11,12)/t9-/m1/s1. The molecular weight excluding hydrogens is 180 g/mol. The van der Waals surface area contributed by atoms with Gasteiger partial charge in [0, 0.05) is 11.8 Å². The van der Waals surface area contributed by atoms with Gasteiger partial charge in [0.15, 0.2) is 5.17 Å². The quantitative estimate of drug-likeness (QED) is 0.736. The number of aliphatic imine (C=N–C) groups is 1. The summed E-state index contributed by atoms with van der Waals surface area (Å²) >= 11 is 1.90. The molecule has 13 heavy (non-hydrogen) atoms. The van der Waals surface area contributed by atoms with Crippen molar-refractivity contribution in [3.8, 4) is 0 Å². The maximum atomic E-state index is 4.68. The molecule has 2 rings (SSSR count).